The number of hydrogen-bond donors (Lipinski definition) is 2. The Kier molecular flexibility index (Phi) is 5.69. The number of benzene rings is 2. The summed E-state index contributed by atoms with van der Waals surface area (Å²) >= 11 is 0. The fraction of sp³-hybridized carbons (Fsp3) is 0.278. The summed E-state index contributed by atoms with van der Waals surface area (Å²) < 4.78 is 4.98. The van der Waals surface area contributed by atoms with Crippen LogP contribution in [-0.4, -0.2) is 35.5 Å². The van der Waals surface area contributed by atoms with Crippen LogP contribution in [0.1, 0.15) is 18.4 Å². The van der Waals surface area contributed by atoms with Gasteiger partial charge in [0.05, 0.1) is 12.5 Å². The van der Waals surface area contributed by atoms with Crippen molar-refractivity contribution in [3.63, 3.8) is 0 Å². The van der Waals surface area contributed by atoms with Gasteiger partial charge in [-0.2, -0.15) is 0 Å². The van der Waals surface area contributed by atoms with Crippen LogP contribution in [-0.2, 0) is 9.53 Å². The average Bonchev–Trinajstić information content (AvgIpc) is 2.59. The van der Waals surface area contributed by atoms with E-state index in [1.54, 1.807) is 6.92 Å². The van der Waals surface area contributed by atoms with E-state index in [0.29, 0.717) is 0 Å². The van der Waals surface area contributed by atoms with Gasteiger partial charge in [0, 0.05) is 0 Å². The average molecular weight is 300 g/mol. The summed E-state index contributed by atoms with van der Waals surface area (Å²) in [5.74, 6) is -0.837. The predicted octanol–water partition coefficient (Wildman–Crippen LogP) is 2.35. The molecular weight excluding hydrogens is 280 g/mol. The van der Waals surface area contributed by atoms with Crippen molar-refractivity contribution in [1.82, 2.24) is 0 Å². The summed E-state index contributed by atoms with van der Waals surface area (Å²) in [5, 5.41) is 17.9. The summed E-state index contributed by atoms with van der Waals surface area (Å²) in [6.07, 6.45) is -1.03. The van der Waals surface area contributed by atoms with Crippen molar-refractivity contribution >= 4 is 5.97 Å². The highest BCUT2D eigenvalue weighted by Crippen LogP contribution is 2.23. The Balaban J connectivity index is 2.02. The molecule has 0 aromatic heterocycles. The second-order valence-corrected chi connectivity index (χ2v) is 5.18. The van der Waals surface area contributed by atoms with Gasteiger partial charge < -0.3 is 14.9 Å². The molecule has 0 heterocycles. The quantitative estimate of drug-likeness (QED) is 0.804. The van der Waals surface area contributed by atoms with Crippen LogP contribution in [0.4, 0.5) is 0 Å². The van der Waals surface area contributed by atoms with Crippen molar-refractivity contribution in [3.05, 3.63) is 60.2 Å². The maximum Gasteiger partial charge on any atom is 0.313 e. The molecule has 2 aromatic carbocycles. The molecule has 2 aromatic rings. The molecule has 0 aliphatic rings. The minimum atomic E-state index is -1.03. The molecule has 0 spiro atoms. The van der Waals surface area contributed by atoms with E-state index in [2.05, 4.69) is 0 Å². The largest absolute Gasteiger partial charge is 0.462 e. The number of ether oxygens (including phenoxy) is 1. The van der Waals surface area contributed by atoms with Gasteiger partial charge in [-0.25, -0.2) is 0 Å². The zero-order valence-corrected chi connectivity index (χ0v) is 12.5. The lowest BCUT2D eigenvalue weighted by Crippen LogP contribution is -2.24. The van der Waals surface area contributed by atoms with E-state index in [1.165, 1.54) is 0 Å². The van der Waals surface area contributed by atoms with Gasteiger partial charge >= 0.3 is 5.97 Å². The van der Waals surface area contributed by atoms with Crippen LogP contribution in [0, 0.1) is 0 Å². The topological polar surface area (TPSA) is 66.8 Å². The molecule has 116 valence electrons. The summed E-state index contributed by atoms with van der Waals surface area (Å²) in [7, 11) is 0. The second-order valence-electron chi connectivity index (χ2n) is 5.18. The molecule has 4 heteroatoms. The Morgan fingerprint density at radius 3 is 2.23 bits per heavy atom. The van der Waals surface area contributed by atoms with Crippen molar-refractivity contribution in [1.29, 1.82) is 0 Å². The first-order valence-corrected chi connectivity index (χ1v) is 7.22. The highest BCUT2D eigenvalue weighted by atomic mass is 16.5. The lowest BCUT2D eigenvalue weighted by Gasteiger charge is -2.14. The molecule has 0 fully saturated rings. The van der Waals surface area contributed by atoms with Crippen LogP contribution >= 0.6 is 0 Å². The number of carbonyl (C=O) groups is 1. The Labute approximate surface area is 130 Å². The molecule has 0 aliphatic carbocycles. The molecule has 0 saturated carbocycles. The number of aliphatic hydroxyl groups is 2. The maximum absolute atomic E-state index is 11.9. The summed E-state index contributed by atoms with van der Waals surface area (Å²) in [6, 6.07) is 17.7. The van der Waals surface area contributed by atoms with Gasteiger partial charge in [-0.3, -0.25) is 4.79 Å². The monoisotopic (exact) mass is 300 g/mol. The van der Waals surface area contributed by atoms with Crippen LogP contribution in [0.3, 0.4) is 0 Å². The molecule has 0 bridgehead atoms. The Hall–Kier alpha value is -2.17. The molecule has 0 aliphatic heterocycles. The summed E-state index contributed by atoms with van der Waals surface area (Å²) in [4.78, 5) is 11.9. The van der Waals surface area contributed by atoms with E-state index in [9.17, 15) is 9.90 Å². The first-order chi connectivity index (χ1) is 10.6. The van der Waals surface area contributed by atoms with Gasteiger partial charge in [0.15, 0.2) is 0 Å². The van der Waals surface area contributed by atoms with E-state index in [-0.39, 0.29) is 6.61 Å². The molecule has 0 saturated heterocycles. The number of esters is 1. The third-order valence-electron chi connectivity index (χ3n) is 3.50. The molecule has 0 radical (unpaired) electrons. The highest BCUT2D eigenvalue weighted by molar-refractivity contribution is 5.78. The molecule has 2 atom stereocenters. The fourth-order valence-corrected chi connectivity index (χ4v) is 2.09. The molecule has 2 N–H and O–H groups in total. The normalized spacial score (nSPS) is 13.4. The van der Waals surface area contributed by atoms with Crippen LogP contribution in [0.2, 0.25) is 0 Å². The van der Waals surface area contributed by atoms with Crippen LogP contribution < -0.4 is 0 Å². The number of rotatable bonds is 6. The predicted molar refractivity (Wildman–Crippen MR) is 84.3 cm³/mol. The van der Waals surface area contributed by atoms with Crippen molar-refractivity contribution in [2.45, 2.75) is 18.9 Å². The lowest BCUT2D eigenvalue weighted by molar-refractivity contribution is -0.148. The zero-order valence-electron chi connectivity index (χ0n) is 12.5. The number of carbonyl (C=O) groups excluding carboxylic acids is 1. The van der Waals surface area contributed by atoms with Gasteiger partial charge in [-0.1, -0.05) is 54.6 Å². The van der Waals surface area contributed by atoms with Gasteiger partial charge in [0.25, 0.3) is 0 Å². The Bertz CT molecular complexity index is 592. The highest BCUT2D eigenvalue weighted by Gasteiger charge is 2.18. The van der Waals surface area contributed by atoms with E-state index >= 15 is 0 Å². The minimum absolute atomic E-state index is 0.193. The number of aliphatic hydroxyl groups excluding tert-OH is 2. The maximum atomic E-state index is 11.9. The molecule has 22 heavy (non-hydrogen) atoms. The molecule has 0 amide bonds. The third-order valence-corrected chi connectivity index (χ3v) is 3.50. The minimum Gasteiger partial charge on any atom is -0.462 e. The van der Waals surface area contributed by atoms with Gasteiger partial charge in [0.1, 0.15) is 12.7 Å². The standard InChI is InChI=1S/C18H20O4/c1-13(18(21)22-12-17(20)11-19)14-7-9-16(10-8-14)15-5-3-2-4-6-15/h2-10,13,17,19-20H,11-12H2,1H3. The molecular formula is C18H20O4. The van der Waals surface area contributed by atoms with Gasteiger partial charge in [-0.15, -0.1) is 0 Å². The van der Waals surface area contributed by atoms with Crippen molar-refractivity contribution in [2.24, 2.45) is 0 Å². The van der Waals surface area contributed by atoms with Crippen LogP contribution in [0.15, 0.2) is 54.6 Å². The fourth-order valence-electron chi connectivity index (χ4n) is 2.09. The molecule has 4 nitrogen and oxygen atoms in total. The Morgan fingerprint density at radius 1 is 1.05 bits per heavy atom. The number of hydrogen-bond acceptors (Lipinski definition) is 4. The first kappa shape index (κ1) is 16.2. The van der Waals surface area contributed by atoms with Crippen LogP contribution in [0.5, 0.6) is 0 Å². The lowest BCUT2D eigenvalue weighted by atomic mass is 9.97. The summed E-state index contributed by atoms with van der Waals surface area (Å²) in [5.41, 5.74) is 3.05. The van der Waals surface area contributed by atoms with E-state index < -0.39 is 24.6 Å². The van der Waals surface area contributed by atoms with E-state index in [0.717, 1.165) is 16.7 Å². The smallest absolute Gasteiger partial charge is 0.313 e. The Morgan fingerprint density at radius 2 is 1.64 bits per heavy atom. The van der Waals surface area contributed by atoms with Crippen molar-refractivity contribution < 1.29 is 19.7 Å². The third kappa shape index (κ3) is 4.16. The SMILES string of the molecule is CC(C(=O)OCC(O)CO)c1ccc(-c2ccccc2)cc1. The van der Waals surface area contributed by atoms with Crippen molar-refractivity contribution in [2.75, 3.05) is 13.2 Å². The zero-order chi connectivity index (χ0) is 15.9. The van der Waals surface area contributed by atoms with Gasteiger partial charge in [-0.05, 0) is 23.6 Å². The van der Waals surface area contributed by atoms with Gasteiger partial charge in [0.2, 0.25) is 0 Å². The first-order valence-electron chi connectivity index (χ1n) is 7.22. The summed E-state index contributed by atoms with van der Waals surface area (Å²) in [6.45, 7) is 1.14. The van der Waals surface area contributed by atoms with Crippen molar-refractivity contribution in [3.8, 4) is 11.1 Å². The molecule has 2 rings (SSSR count). The van der Waals surface area contributed by atoms with E-state index in [4.69, 9.17) is 9.84 Å². The van der Waals surface area contributed by atoms with Crippen LogP contribution in [0.25, 0.3) is 11.1 Å². The second kappa shape index (κ2) is 7.73. The molecule has 2 unspecified atom stereocenters. The van der Waals surface area contributed by atoms with E-state index in [1.807, 2.05) is 54.6 Å².